The normalized spacial score (nSPS) is 14.8. The highest BCUT2D eigenvalue weighted by Crippen LogP contribution is 2.34. The van der Waals surface area contributed by atoms with E-state index in [9.17, 15) is 9.59 Å². The number of para-hydroxylation sites is 1. The van der Waals surface area contributed by atoms with Gasteiger partial charge in [-0.2, -0.15) is 0 Å². The molecule has 0 spiro atoms. The molecule has 1 amide bonds. The first-order chi connectivity index (χ1) is 14.1. The molecule has 1 saturated heterocycles. The number of hydrogen-bond acceptors (Lipinski definition) is 2. The van der Waals surface area contributed by atoms with Crippen molar-refractivity contribution < 1.29 is 9.59 Å². The highest BCUT2D eigenvalue weighted by molar-refractivity contribution is 6.44. The maximum atomic E-state index is 12.9. The lowest BCUT2D eigenvalue weighted by Crippen LogP contribution is -2.42. The Morgan fingerprint density at radius 1 is 0.931 bits per heavy atom. The number of allylic oxidation sites excluding steroid dienone is 2. The number of carbonyl (C=O) groups is 2. The van der Waals surface area contributed by atoms with E-state index < -0.39 is 11.7 Å². The van der Waals surface area contributed by atoms with Gasteiger partial charge in [0.2, 0.25) is 0 Å². The maximum Gasteiger partial charge on any atom is 0.295 e. The smallest absolute Gasteiger partial charge is 0.295 e. The van der Waals surface area contributed by atoms with Gasteiger partial charge in [0.25, 0.3) is 11.7 Å². The van der Waals surface area contributed by atoms with E-state index in [1.54, 1.807) is 11.1 Å². The number of benzene rings is 2. The summed E-state index contributed by atoms with van der Waals surface area (Å²) in [4.78, 5) is 30.5. The summed E-state index contributed by atoms with van der Waals surface area (Å²) >= 11 is 0. The number of piperidine rings is 1. The fraction of sp³-hybridized carbons (Fsp3) is 0.280. The third-order valence-corrected chi connectivity index (χ3v) is 5.84. The van der Waals surface area contributed by atoms with E-state index in [4.69, 9.17) is 0 Å². The summed E-state index contributed by atoms with van der Waals surface area (Å²) in [5.41, 5.74) is 5.28. The Morgan fingerprint density at radius 2 is 1.59 bits per heavy atom. The van der Waals surface area contributed by atoms with E-state index in [0.29, 0.717) is 24.6 Å². The summed E-state index contributed by atoms with van der Waals surface area (Å²) in [5.74, 6) is -0.410. The number of Topliss-reactive ketones (excluding diaryl/α,β-unsaturated/α-hetero) is 1. The summed E-state index contributed by atoms with van der Waals surface area (Å²) in [7, 11) is 0. The van der Waals surface area contributed by atoms with Gasteiger partial charge in [0.1, 0.15) is 0 Å². The third kappa shape index (κ3) is 3.75. The molecule has 0 bridgehead atoms. The lowest BCUT2D eigenvalue weighted by Gasteiger charge is -2.33. The number of rotatable bonds is 4. The van der Waals surface area contributed by atoms with Gasteiger partial charge < -0.3 is 9.88 Å². The number of amides is 1. The van der Waals surface area contributed by atoms with Crippen LogP contribution in [0, 0.1) is 5.92 Å². The number of likely N-dealkylation sites (tertiary alicyclic amines) is 1. The van der Waals surface area contributed by atoms with Crippen molar-refractivity contribution in [2.24, 2.45) is 5.92 Å². The van der Waals surface area contributed by atoms with Gasteiger partial charge in [0.15, 0.2) is 0 Å². The first-order valence-electron chi connectivity index (χ1n) is 10.2. The second kappa shape index (κ2) is 8.08. The number of fused-ring (bicyclic) bond motifs is 1. The molecular formula is C25H26N2O2. The van der Waals surface area contributed by atoms with Crippen LogP contribution in [0.1, 0.15) is 42.6 Å². The van der Waals surface area contributed by atoms with Crippen molar-refractivity contribution in [1.29, 1.82) is 0 Å². The van der Waals surface area contributed by atoms with E-state index in [-0.39, 0.29) is 0 Å². The fourth-order valence-electron chi connectivity index (χ4n) is 4.44. The van der Waals surface area contributed by atoms with E-state index in [0.717, 1.165) is 23.7 Å². The predicted molar refractivity (Wildman–Crippen MR) is 117 cm³/mol. The van der Waals surface area contributed by atoms with Crippen LogP contribution in [-0.4, -0.2) is 34.7 Å². The van der Waals surface area contributed by atoms with Crippen molar-refractivity contribution in [2.75, 3.05) is 13.1 Å². The minimum Gasteiger partial charge on any atom is -0.360 e. The monoisotopic (exact) mass is 386 g/mol. The predicted octanol–water partition coefficient (Wildman–Crippen LogP) is 5.08. The van der Waals surface area contributed by atoms with Crippen LogP contribution in [-0.2, 0) is 4.79 Å². The molecule has 4 nitrogen and oxygen atoms in total. The minimum absolute atomic E-state index is 0.397. The first kappa shape index (κ1) is 19.2. The molecule has 0 aliphatic carbocycles. The molecule has 1 aliphatic rings. The van der Waals surface area contributed by atoms with E-state index in [1.165, 1.54) is 16.7 Å². The van der Waals surface area contributed by atoms with Crippen LogP contribution in [0.15, 0.2) is 66.4 Å². The number of aromatic amines is 1. The molecular weight excluding hydrogens is 360 g/mol. The lowest BCUT2D eigenvalue weighted by molar-refractivity contribution is -0.127. The molecule has 3 aromatic rings. The first-order valence-corrected chi connectivity index (χ1v) is 10.2. The molecule has 1 fully saturated rings. The molecule has 0 radical (unpaired) electrons. The van der Waals surface area contributed by atoms with Crippen molar-refractivity contribution in [1.82, 2.24) is 9.88 Å². The fourth-order valence-corrected chi connectivity index (χ4v) is 4.44. The Balaban J connectivity index is 1.47. The highest BCUT2D eigenvalue weighted by Gasteiger charge is 2.30. The molecule has 4 heteroatoms. The Labute approximate surface area is 171 Å². The standard InChI is InChI=1S/C25H26N2O2/c1-17(2)23(18-8-4-3-5-9-18)19-12-14-27(15-13-19)25(29)24(28)21-16-26-22-11-7-6-10-20(21)22/h3-11,16,19,26H,12-15H2,1-2H3. The number of ketones is 1. The third-order valence-electron chi connectivity index (χ3n) is 5.84. The Hall–Kier alpha value is -3.14. The van der Waals surface area contributed by atoms with Crippen LogP contribution in [0.25, 0.3) is 16.5 Å². The summed E-state index contributed by atoms with van der Waals surface area (Å²) in [6, 6.07) is 18.0. The van der Waals surface area contributed by atoms with Crippen LogP contribution >= 0.6 is 0 Å². The van der Waals surface area contributed by atoms with Crippen molar-refractivity contribution in [3.63, 3.8) is 0 Å². The molecule has 1 N–H and O–H groups in total. The Kier molecular flexibility index (Phi) is 5.34. The van der Waals surface area contributed by atoms with E-state index in [2.05, 4.69) is 43.1 Å². The quantitative estimate of drug-likeness (QED) is 0.502. The molecule has 0 saturated carbocycles. The largest absolute Gasteiger partial charge is 0.360 e. The summed E-state index contributed by atoms with van der Waals surface area (Å²) in [6.07, 6.45) is 3.40. The van der Waals surface area contributed by atoms with Crippen molar-refractivity contribution in [3.05, 3.63) is 77.5 Å². The summed E-state index contributed by atoms with van der Waals surface area (Å²) in [5, 5.41) is 0.802. The molecule has 29 heavy (non-hydrogen) atoms. The highest BCUT2D eigenvalue weighted by atomic mass is 16.2. The Morgan fingerprint density at radius 3 is 2.28 bits per heavy atom. The van der Waals surface area contributed by atoms with Gasteiger partial charge in [-0.25, -0.2) is 0 Å². The number of hydrogen-bond donors (Lipinski definition) is 1. The number of nitrogens with zero attached hydrogens (tertiary/aromatic N) is 1. The van der Waals surface area contributed by atoms with Gasteiger partial charge in [-0.15, -0.1) is 0 Å². The van der Waals surface area contributed by atoms with Crippen molar-refractivity contribution in [2.45, 2.75) is 26.7 Å². The van der Waals surface area contributed by atoms with Crippen molar-refractivity contribution in [3.8, 4) is 0 Å². The number of nitrogens with one attached hydrogen (secondary N) is 1. The summed E-state index contributed by atoms with van der Waals surface area (Å²) < 4.78 is 0. The SMILES string of the molecule is CC(C)=C(c1ccccc1)C1CCN(C(=O)C(=O)c2c[nH]c3ccccc23)CC1. The second-order valence-corrected chi connectivity index (χ2v) is 7.92. The zero-order valence-corrected chi connectivity index (χ0v) is 16.9. The van der Waals surface area contributed by atoms with Crippen LogP contribution < -0.4 is 0 Å². The minimum atomic E-state index is -0.425. The van der Waals surface area contributed by atoms with Gasteiger partial charge in [0.05, 0.1) is 5.56 Å². The molecule has 2 heterocycles. The molecule has 148 valence electrons. The number of carbonyl (C=O) groups excluding carboxylic acids is 2. The van der Waals surface area contributed by atoms with E-state index >= 15 is 0 Å². The number of aromatic nitrogens is 1. The van der Waals surface area contributed by atoms with Gasteiger partial charge in [-0.3, -0.25) is 9.59 Å². The van der Waals surface area contributed by atoms with Gasteiger partial charge in [0, 0.05) is 30.2 Å². The average Bonchev–Trinajstić information content (AvgIpc) is 3.18. The second-order valence-electron chi connectivity index (χ2n) is 7.92. The average molecular weight is 386 g/mol. The number of H-pyrrole nitrogens is 1. The molecule has 1 aliphatic heterocycles. The van der Waals surface area contributed by atoms with Crippen molar-refractivity contribution >= 4 is 28.2 Å². The Bertz CT molecular complexity index is 1070. The molecule has 4 rings (SSSR count). The molecule has 0 unspecified atom stereocenters. The lowest BCUT2D eigenvalue weighted by atomic mass is 9.82. The summed E-state index contributed by atoms with van der Waals surface area (Å²) in [6.45, 7) is 5.53. The van der Waals surface area contributed by atoms with Gasteiger partial charge >= 0.3 is 0 Å². The topological polar surface area (TPSA) is 53.2 Å². The molecule has 0 atom stereocenters. The molecule has 1 aromatic heterocycles. The maximum absolute atomic E-state index is 12.9. The van der Waals surface area contributed by atoms with Crippen LogP contribution in [0.5, 0.6) is 0 Å². The van der Waals surface area contributed by atoms with Gasteiger partial charge in [-0.1, -0.05) is 54.1 Å². The van der Waals surface area contributed by atoms with Crippen LogP contribution in [0.3, 0.4) is 0 Å². The zero-order valence-electron chi connectivity index (χ0n) is 16.9. The molecule has 2 aromatic carbocycles. The van der Waals surface area contributed by atoms with Crippen LogP contribution in [0.2, 0.25) is 0 Å². The van der Waals surface area contributed by atoms with E-state index in [1.807, 2.05) is 30.3 Å². The van der Waals surface area contributed by atoms with Crippen LogP contribution in [0.4, 0.5) is 0 Å². The van der Waals surface area contributed by atoms with Gasteiger partial charge in [-0.05, 0) is 49.8 Å². The zero-order chi connectivity index (χ0) is 20.4.